The third-order valence-corrected chi connectivity index (χ3v) is 6.01. The lowest BCUT2D eigenvalue weighted by molar-refractivity contribution is -0.141. The molecule has 6 heteroatoms. The molecule has 2 fully saturated rings. The number of amides is 2. The number of H-pyrrole nitrogens is 1. The van der Waals surface area contributed by atoms with Gasteiger partial charge in [-0.3, -0.25) is 9.59 Å². The molecule has 2 amide bonds. The number of ether oxygens (including phenoxy) is 1. The van der Waals surface area contributed by atoms with Crippen LogP contribution >= 0.6 is 0 Å². The highest BCUT2D eigenvalue weighted by Crippen LogP contribution is 2.25. The van der Waals surface area contributed by atoms with Crippen molar-refractivity contribution in [2.45, 2.75) is 26.7 Å². The molecule has 0 atom stereocenters. The van der Waals surface area contributed by atoms with Crippen molar-refractivity contribution < 1.29 is 14.3 Å². The van der Waals surface area contributed by atoms with Crippen LogP contribution in [-0.2, 0) is 9.53 Å². The Morgan fingerprint density at radius 2 is 1.74 bits per heavy atom. The van der Waals surface area contributed by atoms with Crippen LogP contribution in [0.2, 0.25) is 0 Å². The molecule has 2 aromatic rings. The normalized spacial score (nSPS) is 18.9. The number of carbonyl (C=O) groups is 2. The van der Waals surface area contributed by atoms with E-state index in [1.54, 1.807) is 0 Å². The third kappa shape index (κ3) is 3.46. The first-order chi connectivity index (χ1) is 13.0. The van der Waals surface area contributed by atoms with Gasteiger partial charge in [0, 0.05) is 54.3 Å². The summed E-state index contributed by atoms with van der Waals surface area (Å²) < 4.78 is 5.33. The summed E-state index contributed by atoms with van der Waals surface area (Å²) in [6.07, 6.45) is 1.49. The number of nitrogens with one attached hydrogen (secondary N) is 1. The molecular weight excluding hydrogens is 342 g/mol. The number of hydrogen-bond acceptors (Lipinski definition) is 3. The van der Waals surface area contributed by atoms with E-state index in [2.05, 4.69) is 11.9 Å². The minimum Gasteiger partial charge on any atom is -0.378 e. The zero-order chi connectivity index (χ0) is 19.0. The molecule has 2 aliphatic heterocycles. The molecule has 0 unspecified atom stereocenters. The van der Waals surface area contributed by atoms with Crippen LogP contribution in [0, 0.1) is 19.8 Å². The Hall–Kier alpha value is -2.34. The number of carbonyl (C=O) groups excluding carboxylic acids is 2. The minimum atomic E-state index is 0.0317. The summed E-state index contributed by atoms with van der Waals surface area (Å²) in [6, 6.07) is 5.86. The second-order valence-corrected chi connectivity index (χ2v) is 7.64. The van der Waals surface area contributed by atoms with Crippen molar-refractivity contribution in [3.63, 3.8) is 0 Å². The van der Waals surface area contributed by atoms with Gasteiger partial charge in [-0.1, -0.05) is 0 Å². The van der Waals surface area contributed by atoms with Crippen molar-refractivity contribution >= 4 is 22.7 Å². The molecular formula is C21H27N3O3. The lowest BCUT2D eigenvalue weighted by atomic mass is 9.94. The molecule has 1 N–H and O–H groups in total. The van der Waals surface area contributed by atoms with E-state index in [0.717, 1.165) is 35.0 Å². The van der Waals surface area contributed by atoms with Gasteiger partial charge in [-0.25, -0.2) is 0 Å². The Balaban J connectivity index is 1.41. The van der Waals surface area contributed by atoms with Gasteiger partial charge >= 0.3 is 0 Å². The molecule has 0 aliphatic carbocycles. The fourth-order valence-corrected chi connectivity index (χ4v) is 4.15. The van der Waals surface area contributed by atoms with E-state index in [0.29, 0.717) is 39.4 Å². The van der Waals surface area contributed by atoms with Crippen molar-refractivity contribution in [3.8, 4) is 0 Å². The molecule has 3 heterocycles. The average molecular weight is 369 g/mol. The summed E-state index contributed by atoms with van der Waals surface area (Å²) in [5, 5.41) is 1.11. The van der Waals surface area contributed by atoms with Crippen molar-refractivity contribution in [3.05, 3.63) is 35.0 Å². The molecule has 4 rings (SSSR count). The maximum absolute atomic E-state index is 12.9. The van der Waals surface area contributed by atoms with Crippen LogP contribution in [0.5, 0.6) is 0 Å². The van der Waals surface area contributed by atoms with E-state index in [9.17, 15) is 9.59 Å². The Bertz CT molecular complexity index is 859. The van der Waals surface area contributed by atoms with Crippen molar-refractivity contribution in [1.29, 1.82) is 0 Å². The number of aryl methyl sites for hydroxylation is 2. The molecule has 2 aliphatic rings. The van der Waals surface area contributed by atoms with Crippen LogP contribution < -0.4 is 0 Å². The molecule has 0 bridgehead atoms. The van der Waals surface area contributed by atoms with Crippen molar-refractivity contribution in [2.75, 3.05) is 39.4 Å². The maximum atomic E-state index is 12.9. The third-order valence-electron chi connectivity index (χ3n) is 6.01. The highest BCUT2D eigenvalue weighted by molar-refractivity contribution is 5.99. The van der Waals surface area contributed by atoms with E-state index < -0.39 is 0 Å². The van der Waals surface area contributed by atoms with Gasteiger partial charge in [0.1, 0.15) is 0 Å². The average Bonchev–Trinajstić information content (AvgIpc) is 3.01. The molecule has 27 heavy (non-hydrogen) atoms. The Kier molecular flexibility index (Phi) is 4.91. The number of fused-ring (bicyclic) bond motifs is 1. The van der Waals surface area contributed by atoms with Crippen LogP contribution in [0.15, 0.2) is 18.2 Å². The largest absolute Gasteiger partial charge is 0.378 e. The molecule has 0 spiro atoms. The van der Waals surface area contributed by atoms with Crippen LogP contribution in [0.4, 0.5) is 0 Å². The zero-order valence-electron chi connectivity index (χ0n) is 16.1. The van der Waals surface area contributed by atoms with E-state index in [4.69, 9.17) is 4.74 Å². The van der Waals surface area contributed by atoms with Crippen LogP contribution in [0.3, 0.4) is 0 Å². The number of morpholine rings is 1. The summed E-state index contributed by atoms with van der Waals surface area (Å²) in [5.41, 5.74) is 4.12. The monoisotopic (exact) mass is 369 g/mol. The number of benzene rings is 1. The molecule has 1 aromatic heterocycles. The number of rotatable bonds is 2. The number of aromatic amines is 1. The fourth-order valence-electron chi connectivity index (χ4n) is 4.15. The van der Waals surface area contributed by atoms with Crippen molar-refractivity contribution in [1.82, 2.24) is 14.8 Å². The lowest BCUT2D eigenvalue weighted by Crippen LogP contribution is -2.47. The molecule has 0 saturated carbocycles. The topological polar surface area (TPSA) is 65.6 Å². The molecule has 144 valence electrons. The summed E-state index contributed by atoms with van der Waals surface area (Å²) in [7, 11) is 0. The van der Waals surface area contributed by atoms with Gasteiger partial charge in [-0.05, 0) is 50.5 Å². The molecule has 0 radical (unpaired) electrons. The van der Waals surface area contributed by atoms with Gasteiger partial charge in [-0.2, -0.15) is 0 Å². The van der Waals surface area contributed by atoms with Crippen LogP contribution in [0.25, 0.3) is 10.9 Å². The highest BCUT2D eigenvalue weighted by atomic mass is 16.5. The van der Waals surface area contributed by atoms with E-state index in [1.807, 2.05) is 34.9 Å². The SMILES string of the molecule is Cc1[nH]c2ccc(C(=O)N3CCC(C(=O)N4CCOCC4)CC3)cc2c1C. The predicted molar refractivity (Wildman–Crippen MR) is 104 cm³/mol. The number of likely N-dealkylation sites (tertiary alicyclic amines) is 1. The first kappa shape index (κ1) is 18.0. The summed E-state index contributed by atoms with van der Waals surface area (Å²) in [5.74, 6) is 0.321. The van der Waals surface area contributed by atoms with Gasteiger partial charge in [-0.15, -0.1) is 0 Å². The van der Waals surface area contributed by atoms with E-state index in [-0.39, 0.29) is 17.7 Å². The fraction of sp³-hybridized carbons (Fsp3) is 0.524. The number of hydrogen-bond donors (Lipinski definition) is 1. The first-order valence-corrected chi connectivity index (χ1v) is 9.79. The summed E-state index contributed by atoms with van der Waals surface area (Å²) >= 11 is 0. The number of piperidine rings is 1. The highest BCUT2D eigenvalue weighted by Gasteiger charge is 2.31. The summed E-state index contributed by atoms with van der Waals surface area (Å²) in [4.78, 5) is 32.7. The second kappa shape index (κ2) is 7.35. The zero-order valence-corrected chi connectivity index (χ0v) is 16.1. The minimum absolute atomic E-state index is 0.0317. The van der Waals surface area contributed by atoms with E-state index >= 15 is 0 Å². The molecule has 1 aromatic carbocycles. The van der Waals surface area contributed by atoms with Gasteiger partial charge in [0.25, 0.3) is 5.91 Å². The number of aromatic nitrogens is 1. The lowest BCUT2D eigenvalue weighted by Gasteiger charge is -2.35. The van der Waals surface area contributed by atoms with Crippen LogP contribution in [-0.4, -0.2) is 66.0 Å². The smallest absolute Gasteiger partial charge is 0.253 e. The molecule has 2 saturated heterocycles. The van der Waals surface area contributed by atoms with Gasteiger partial charge in [0.15, 0.2) is 0 Å². The maximum Gasteiger partial charge on any atom is 0.253 e. The second-order valence-electron chi connectivity index (χ2n) is 7.64. The predicted octanol–water partition coefficient (Wildman–Crippen LogP) is 2.50. The van der Waals surface area contributed by atoms with Crippen LogP contribution in [0.1, 0.15) is 34.5 Å². The Labute approximate surface area is 159 Å². The van der Waals surface area contributed by atoms with E-state index in [1.165, 1.54) is 5.56 Å². The summed E-state index contributed by atoms with van der Waals surface area (Å²) in [6.45, 7) is 8.04. The van der Waals surface area contributed by atoms with Crippen molar-refractivity contribution in [2.24, 2.45) is 5.92 Å². The van der Waals surface area contributed by atoms with Gasteiger partial charge in [0.05, 0.1) is 13.2 Å². The Morgan fingerprint density at radius 1 is 1.04 bits per heavy atom. The Morgan fingerprint density at radius 3 is 2.44 bits per heavy atom. The van der Waals surface area contributed by atoms with Gasteiger partial charge < -0.3 is 19.5 Å². The quantitative estimate of drug-likeness (QED) is 0.885. The standard InChI is InChI=1S/C21H27N3O3/c1-14-15(2)22-19-4-3-17(13-18(14)19)21(26)23-7-5-16(6-8-23)20(25)24-9-11-27-12-10-24/h3-4,13,16,22H,5-12H2,1-2H3. The number of nitrogens with zero attached hydrogens (tertiary/aromatic N) is 2. The first-order valence-electron chi connectivity index (χ1n) is 9.79. The van der Waals surface area contributed by atoms with Gasteiger partial charge in [0.2, 0.25) is 5.91 Å². The molecule has 6 nitrogen and oxygen atoms in total.